The molecule has 0 atom stereocenters. The normalized spacial score (nSPS) is 11.6. The maximum atomic E-state index is 2.34. The van der Waals surface area contributed by atoms with Crippen LogP contribution in [0.15, 0.2) is 10.8 Å². The number of aromatic nitrogens is 1. The molecule has 0 radical (unpaired) electrons. The van der Waals surface area contributed by atoms with E-state index in [-0.39, 0.29) is 0 Å². The molecule has 80 valence electrons. The van der Waals surface area contributed by atoms with Crippen LogP contribution in [0.4, 0.5) is 0 Å². The molecule has 2 rings (SSSR count). The van der Waals surface area contributed by atoms with Crippen molar-refractivity contribution in [3.8, 4) is 0 Å². The van der Waals surface area contributed by atoms with E-state index in [0.29, 0.717) is 5.92 Å². The quantitative estimate of drug-likeness (QED) is 0.648. The Kier molecular flexibility index (Phi) is 2.55. The van der Waals surface area contributed by atoms with E-state index in [1.807, 2.05) is 0 Å². The Balaban J connectivity index is 2.92. The molecule has 0 N–H and O–H groups in total. The van der Waals surface area contributed by atoms with E-state index < -0.39 is 0 Å². The molecule has 2 heteroatoms. The molecule has 2 heterocycles. The van der Waals surface area contributed by atoms with Gasteiger partial charge in [-0.2, -0.15) is 11.3 Å². The Morgan fingerprint density at radius 3 is 2.33 bits per heavy atom. The number of fused-ring (bicyclic) bond motifs is 1. The van der Waals surface area contributed by atoms with Gasteiger partial charge in [0.25, 0.3) is 0 Å². The molecule has 2 aromatic rings. The zero-order valence-electron chi connectivity index (χ0n) is 10.1. The summed E-state index contributed by atoms with van der Waals surface area (Å²) in [6, 6.07) is 0. The second-order valence-corrected chi connectivity index (χ2v) is 5.25. The summed E-state index contributed by atoms with van der Waals surface area (Å²) in [5.74, 6) is 0.581. The first-order valence-electron chi connectivity index (χ1n) is 5.39. The Morgan fingerprint density at radius 1 is 1.13 bits per heavy atom. The number of aryl methyl sites for hydroxylation is 2. The lowest BCUT2D eigenvalue weighted by atomic mass is 9.99. The first-order chi connectivity index (χ1) is 7.04. The van der Waals surface area contributed by atoms with Gasteiger partial charge < -0.3 is 0 Å². The van der Waals surface area contributed by atoms with Gasteiger partial charge in [0.2, 0.25) is 0 Å². The smallest absolute Gasteiger partial charge is 0.187 e. The van der Waals surface area contributed by atoms with Gasteiger partial charge in [-0.15, -0.1) is 0 Å². The van der Waals surface area contributed by atoms with E-state index in [1.165, 1.54) is 27.7 Å². The minimum absolute atomic E-state index is 0.581. The fourth-order valence-corrected chi connectivity index (χ4v) is 3.38. The van der Waals surface area contributed by atoms with Gasteiger partial charge in [-0.25, -0.2) is 4.57 Å². The highest BCUT2D eigenvalue weighted by atomic mass is 32.1. The van der Waals surface area contributed by atoms with Gasteiger partial charge in [0.1, 0.15) is 7.05 Å². The van der Waals surface area contributed by atoms with Crippen molar-refractivity contribution in [1.82, 2.24) is 0 Å². The zero-order valence-corrected chi connectivity index (χ0v) is 10.9. The van der Waals surface area contributed by atoms with Crippen LogP contribution in [-0.2, 0) is 7.05 Å². The number of pyridine rings is 1. The molecule has 0 aromatic carbocycles. The van der Waals surface area contributed by atoms with Gasteiger partial charge in [0.05, 0.1) is 5.39 Å². The number of hydrogen-bond donors (Lipinski definition) is 0. The van der Waals surface area contributed by atoms with Crippen LogP contribution in [0, 0.1) is 13.8 Å². The van der Waals surface area contributed by atoms with Gasteiger partial charge in [0.15, 0.2) is 11.4 Å². The predicted octanol–water partition coefficient (Wildman–Crippen LogP) is 3.47. The van der Waals surface area contributed by atoms with Crippen LogP contribution in [0.1, 0.15) is 36.7 Å². The summed E-state index contributed by atoms with van der Waals surface area (Å²) in [4.78, 5) is 0. The molecule has 0 spiro atoms. The van der Waals surface area contributed by atoms with Crippen LogP contribution in [-0.4, -0.2) is 0 Å². The molecular weight excluding hydrogens is 202 g/mol. The summed E-state index contributed by atoms with van der Waals surface area (Å²) in [5.41, 5.74) is 4.27. The van der Waals surface area contributed by atoms with E-state index in [0.717, 1.165) is 0 Å². The van der Waals surface area contributed by atoms with Crippen molar-refractivity contribution in [1.29, 1.82) is 0 Å². The molecule has 0 amide bonds. The highest BCUT2D eigenvalue weighted by Gasteiger charge is 2.21. The molecule has 1 nitrogen and oxygen atoms in total. The van der Waals surface area contributed by atoms with Crippen molar-refractivity contribution >= 4 is 22.1 Å². The van der Waals surface area contributed by atoms with Crippen molar-refractivity contribution in [2.24, 2.45) is 7.05 Å². The standard InChI is InChI=1S/C13H18NS/c1-8(2)13-9(3)11-6-15-7-12(11)10(4)14(13)5/h6-8H,1-5H3/q+1. The second-order valence-electron chi connectivity index (χ2n) is 4.51. The Morgan fingerprint density at radius 2 is 1.73 bits per heavy atom. The molecule has 0 aliphatic heterocycles. The van der Waals surface area contributed by atoms with Crippen LogP contribution in [0.25, 0.3) is 10.8 Å². The maximum Gasteiger partial charge on any atom is 0.187 e. The van der Waals surface area contributed by atoms with Crippen LogP contribution in [0.3, 0.4) is 0 Å². The van der Waals surface area contributed by atoms with Crippen molar-refractivity contribution in [3.05, 3.63) is 27.7 Å². The molecule has 0 aliphatic rings. The van der Waals surface area contributed by atoms with Gasteiger partial charge in [-0.05, 0) is 12.3 Å². The van der Waals surface area contributed by atoms with E-state index >= 15 is 0 Å². The minimum Gasteiger partial charge on any atom is -0.202 e. The molecule has 0 bridgehead atoms. The zero-order chi connectivity index (χ0) is 11.2. The molecule has 0 saturated carbocycles. The summed E-state index contributed by atoms with van der Waals surface area (Å²) in [6.07, 6.45) is 0. The van der Waals surface area contributed by atoms with Crippen molar-refractivity contribution in [3.63, 3.8) is 0 Å². The van der Waals surface area contributed by atoms with Gasteiger partial charge in [-0.1, -0.05) is 13.8 Å². The summed E-state index contributed by atoms with van der Waals surface area (Å²) < 4.78 is 2.34. The fraction of sp³-hybridized carbons (Fsp3) is 0.462. The van der Waals surface area contributed by atoms with Crippen molar-refractivity contribution in [2.75, 3.05) is 0 Å². The molecule has 0 saturated heterocycles. The van der Waals surface area contributed by atoms with Gasteiger partial charge in [-0.3, -0.25) is 0 Å². The van der Waals surface area contributed by atoms with Crippen molar-refractivity contribution in [2.45, 2.75) is 33.6 Å². The van der Waals surface area contributed by atoms with Crippen LogP contribution in [0.5, 0.6) is 0 Å². The third-order valence-electron chi connectivity index (χ3n) is 3.25. The Bertz CT molecular complexity index is 509. The van der Waals surface area contributed by atoms with E-state index in [1.54, 1.807) is 11.3 Å². The number of thiophene rings is 1. The topological polar surface area (TPSA) is 3.88 Å². The summed E-state index contributed by atoms with van der Waals surface area (Å²) in [7, 11) is 2.18. The number of rotatable bonds is 1. The first-order valence-corrected chi connectivity index (χ1v) is 6.33. The molecular formula is C13H18NS+. The largest absolute Gasteiger partial charge is 0.202 e. The van der Waals surface area contributed by atoms with Gasteiger partial charge in [0, 0.05) is 29.2 Å². The lowest BCUT2D eigenvalue weighted by molar-refractivity contribution is -0.685. The second kappa shape index (κ2) is 3.60. The summed E-state index contributed by atoms with van der Waals surface area (Å²) >= 11 is 1.80. The van der Waals surface area contributed by atoms with Crippen molar-refractivity contribution < 1.29 is 4.57 Å². The third kappa shape index (κ3) is 1.48. The average Bonchev–Trinajstić information content (AvgIpc) is 2.62. The van der Waals surface area contributed by atoms with Crippen LogP contribution >= 0.6 is 11.3 Å². The van der Waals surface area contributed by atoms with Gasteiger partial charge >= 0.3 is 0 Å². The molecule has 15 heavy (non-hydrogen) atoms. The van der Waals surface area contributed by atoms with E-state index in [2.05, 4.69) is 50.1 Å². The third-order valence-corrected chi connectivity index (χ3v) is 3.99. The summed E-state index contributed by atoms with van der Waals surface area (Å²) in [5, 5.41) is 7.36. The highest BCUT2D eigenvalue weighted by molar-refractivity contribution is 7.09. The lowest BCUT2D eigenvalue weighted by Gasteiger charge is -2.10. The van der Waals surface area contributed by atoms with E-state index in [9.17, 15) is 0 Å². The lowest BCUT2D eigenvalue weighted by Crippen LogP contribution is -2.38. The Hall–Kier alpha value is -0.890. The average molecular weight is 220 g/mol. The maximum absolute atomic E-state index is 2.34. The minimum atomic E-state index is 0.581. The first kappa shape index (κ1) is 10.6. The molecule has 0 aliphatic carbocycles. The number of hydrogen-bond acceptors (Lipinski definition) is 1. The summed E-state index contributed by atoms with van der Waals surface area (Å²) in [6.45, 7) is 8.98. The van der Waals surface area contributed by atoms with Crippen LogP contribution in [0.2, 0.25) is 0 Å². The predicted molar refractivity (Wildman–Crippen MR) is 66.6 cm³/mol. The molecule has 2 aromatic heterocycles. The Labute approximate surface area is 95.4 Å². The monoisotopic (exact) mass is 220 g/mol. The molecule has 0 unspecified atom stereocenters. The van der Waals surface area contributed by atoms with Crippen LogP contribution < -0.4 is 4.57 Å². The molecule has 0 fully saturated rings. The fourth-order valence-electron chi connectivity index (χ4n) is 2.44. The highest BCUT2D eigenvalue weighted by Crippen LogP contribution is 2.28. The SMILES string of the molecule is Cc1c(C(C)C)[n+](C)c(C)c2cscc12. The van der Waals surface area contributed by atoms with E-state index in [4.69, 9.17) is 0 Å². The number of nitrogens with zero attached hydrogens (tertiary/aromatic N) is 1.